The summed E-state index contributed by atoms with van der Waals surface area (Å²) in [4.78, 5) is 25.1. The Bertz CT molecular complexity index is 935. The first-order valence-corrected chi connectivity index (χ1v) is 8.78. The van der Waals surface area contributed by atoms with E-state index in [9.17, 15) is 9.59 Å². The summed E-state index contributed by atoms with van der Waals surface area (Å²) in [6.07, 6.45) is 1.51. The minimum Gasteiger partial charge on any atom is -0.461 e. The van der Waals surface area contributed by atoms with E-state index in [0.717, 1.165) is 10.6 Å². The fourth-order valence-electron chi connectivity index (χ4n) is 2.51. The van der Waals surface area contributed by atoms with Gasteiger partial charge in [0.1, 0.15) is 12.3 Å². The van der Waals surface area contributed by atoms with Gasteiger partial charge in [-0.25, -0.2) is 0 Å². The van der Waals surface area contributed by atoms with E-state index in [4.69, 9.17) is 13.7 Å². The van der Waals surface area contributed by atoms with Gasteiger partial charge >= 0.3 is 5.97 Å². The Balaban J connectivity index is 1.33. The quantitative estimate of drug-likeness (QED) is 0.687. The number of carbonyl (C=O) groups excluding carboxylic acids is 2. The third kappa shape index (κ3) is 3.50. The van der Waals surface area contributed by atoms with Crippen molar-refractivity contribution in [2.75, 3.05) is 5.32 Å². The molecule has 1 aliphatic rings. The van der Waals surface area contributed by atoms with E-state index < -0.39 is 11.2 Å². The largest absolute Gasteiger partial charge is 0.461 e. The molecule has 0 aliphatic carbocycles. The molecule has 1 aromatic carbocycles. The number of nitrogens with zero attached hydrogens (tertiary/aromatic N) is 1. The first-order chi connectivity index (χ1) is 12.7. The van der Waals surface area contributed by atoms with Crippen LogP contribution in [0.4, 0.5) is 5.69 Å². The van der Waals surface area contributed by atoms with Gasteiger partial charge in [0.25, 0.3) is 0 Å². The molecular formula is C18H14N2O5S. The van der Waals surface area contributed by atoms with Crippen LogP contribution in [0.2, 0.25) is 0 Å². The molecule has 8 heteroatoms. The summed E-state index contributed by atoms with van der Waals surface area (Å²) in [6, 6.07) is 12.6. The highest BCUT2D eigenvalue weighted by molar-refractivity contribution is 8.01. The van der Waals surface area contributed by atoms with Crippen molar-refractivity contribution < 1.29 is 23.3 Å². The fourth-order valence-corrected chi connectivity index (χ4v) is 3.60. The van der Waals surface area contributed by atoms with Crippen LogP contribution in [-0.4, -0.2) is 22.3 Å². The summed E-state index contributed by atoms with van der Waals surface area (Å²) in [5, 5.41) is 6.12. The molecule has 132 valence electrons. The second-order valence-electron chi connectivity index (χ2n) is 5.62. The predicted octanol–water partition coefficient (Wildman–Crippen LogP) is 3.48. The Morgan fingerprint density at radius 2 is 2.12 bits per heavy atom. The van der Waals surface area contributed by atoms with Gasteiger partial charge in [-0.1, -0.05) is 17.3 Å². The Hall–Kier alpha value is -3.00. The van der Waals surface area contributed by atoms with E-state index in [0.29, 0.717) is 17.2 Å². The topological polar surface area (TPSA) is 94.6 Å². The van der Waals surface area contributed by atoms with Crippen molar-refractivity contribution in [2.24, 2.45) is 0 Å². The number of aromatic nitrogens is 1. The number of fused-ring (bicyclic) bond motifs is 1. The molecule has 3 heterocycles. The summed E-state index contributed by atoms with van der Waals surface area (Å²) in [5.41, 5.74) is 1.23. The second-order valence-corrected chi connectivity index (χ2v) is 6.86. The van der Waals surface area contributed by atoms with Gasteiger partial charge in [0.15, 0.2) is 5.76 Å². The lowest BCUT2D eigenvalue weighted by molar-refractivity contribution is -0.145. The van der Waals surface area contributed by atoms with Crippen LogP contribution in [-0.2, 0) is 20.9 Å². The van der Waals surface area contributed by atoms with Gasteiger partial charge in [-0.3, -0.25) is 9.59 Å². The minimum atomic E-state index is -0.520. The maximum absolute atomic E-state index is 12.1. The zero-order valence-electron chi connectivity index (χ0n) is 13.5. The maximum atomic E-state index is 12.1. The number of hydrogen-bond acceptors (Lipinski definition) is 7. The number of para-hydroxylation sites is 1. The van der Waals surface area contributed by atoms with Gasteiger partial charge in [-0.15, -0.1) is 11.8 Å². The van der Waals surface area contributed by atoms with Crippen LogP contribution < -0.4 is 5.32 Å². The van der Waals surface area contributed by atoms with Crippen LogP contribution in [0, 0.1) is 0 Å². The van der Waals surface area contributed by atoms with Gasteiger partial charge in [0, 0.05) is 11.0 Å². The Labute approximate surface area is 152 Å². The van der Waals surface area contributed by atoms with Crippen molar-refractivity contribution in [2.45, 2.75) is 23.2 Å². The zero-order chi connectivity index (χ0) is 17.9. The lowest BCUT2D eigenvalue weighted by Crippen LogP contribution is -2.31. The standard InChI is InChI=1S/C18H14N2O5S/c21-17(9-16-18(22)19-12-4-1-2-6-15(12)26-16)24-10-11-8-14(25-20-11)13-5-3-7-23-13/h1-8,16H,9-10H2,(H,19,22)/t16-/m1/s1. The van der Waals surface area contributed by atoms with Crippen LogP contribution in [0.3, 0.4) is 0 Å². The SMILES string of the molecule is O=C(C[C@H]1Sc2ccccc2NC1=O)OCc1cc(-c2ccco2)on1. The Morgan fingerprint density at radius 3 is 2.96 bits per heavy atom. The molecule has 4 rings (SSSR count). The number of thioether (sulfide) groups is 1. The zero-order valence-corrected chi connectivity index (χ0v) is 14.3. The molecule has 1 atom stereocenters. The molecule has 0 radical (unpaired) electrons. The van der Waals surface area contributed by atoms with E-state index in [2.05, 4.69) is 10.5 Å². The lowest BCUT2D eigenvalue weighted by atomic mass is 10.2. The van der Waals surface area contributed by atoms with Crippen molar-refractivity contribution >= 4 is 29.3 Å². The number of benzene rings is 1. The molecule has 0 fully saturated rings. The minimum absolute atomic E-state index is 0.0201. The molecule has 7 nitrogen and oxygen atoms in total. The first kappa shape index (κ1) is 16.5. The first-order valence-electron chi connectivity index (χ1n) is 7.91. The van der Waals surface area contributed by atoms with Crippen molar-refractivity contribution in [3.05, 3.63) is 54.4 Å². The highest BCUT2D eigenvalue weighted by atomic mass is 32.2. The molecule has 0 bridgehead atoms. The average molecular weight is 370 g/mol. The van der Waals surface area contributed by atoms with Gasteiger partial charge in [0.05, 0.1) is 23.6 Å². The van der Waals surface area contributed by atoms with Gasteiger partial charge < -0.3 is 19.0 Å². The molecule has 1 aliphatic heterocycles. The number of esters is 1. The molecule has 3 aromatic rings. The molecule has 1 amide bonds. The molecule has 0 saturated heterocycles. The number of ether oxygens (including phenoxy) is 1. The summed E-state index contributed by atoms with van der Waals surface area (Å²) in [7, 11) is 0. The molecule has 0 unspecified atom stereocenters. The van der Waals surface area contributed by atoms with Crippen molar-refractivity contribution in [3.8, 4) is 11.5 Å². The summed E-state index contributed by atoms with van der Waals surface area (Å²) in [6.45, 7) is -0.0291. The smallest absolute Gasteiger partial charge is 0.307 e. The van der Waals surface area contributed by atoms with E-state index in [1.807, 2.05) is 24.3 Å². The number of hydrogen-bond donors (Lipinski definition) is 1. The summed E-state index contributed by atoms with van der Waals surface area (Å²) in [5.74, 6) is 0.329. The van der Waals surface area contributed by atoms with Gasteiger partial charge in [-0.05, 0) is 24.3 Å². The third-order valence-corrected chi connectivity index (χ3v) is 5.04. The molecule has 2 aromatic heterocycles. The third-order valence-electron chi connectivity index (χ3n) is 3.76. The van der Waals surface area contributed by atoms with Crippen LogP contribution in [0.25, 0.3) is 11.5 Å². The van der Waals surface area contributed by atoms with Crippen molar-refractivity contribution in [1.29, 1.82) is 0 Å². The highest BCUT2D eigenvalue weighted by Gasteiger charge is 2.29. The molecular weight excluding hydrogens is 356 g/mol. The predicted molar refractivity (Wildman–Crippen MR) is 93.3 cm³/mol. The van der Waals surface area contributed by atoms with E-state index in [1.54, 1.807) is 18.2 Å². The number of anilines is 1. The molecule has 0 saturated carbocycles. The maximum Gasteiger partial charge on any atom is 0.307 e. The molecule has 26 heavy (non-hydrogen) atoms. The number of amides is 1. The van der Waals surface area contributed by atoms with Crippen LogP contribution in [0.5, 0.6) is 0 Å². The number of rotatable bonds is 5. The van der Waals surface area contributed by atoms with Gasteiger partial charge in [0.2, 0.25) is 11.7 Å². The summed E-state index contributed by atoms with van der Waals surface area (Å²) >= 11 is 1.36. The number of furan rings is 1. The molecule has 1 N–H and O–H groups in total. The lowest BCUT2D eigenvalue weighted by Gasteiger charge is -2.23. The second kappa shape index (κ2) is 7.09. The van der Waals surface area contributed by atoms with Crippen LogP contribution in [0.1, 0.15) is 12.1 Å². The number of carbonyl (C=O) groups is 2. The van der Waals surface area contributed by atoms with Crippen LogP contribution >= 0.6 is 11.8 Å². The fraction of sp³-hybridized carbons (Fsp3) is 0.167. The van der Waals surface area contributed by atoms with E-state index in [1.165, 1.54) is 18.0 Å². The summed E-state index contributed by atoms with van der Waals surface area (Å²) < 4.78 is 15.6. The highest BCUT2D eigenvalue weighted by Crippen LogP contribution is 2.36. The Morgan fingerprint density at radius 1 is 1.23 bits per heavy atom. The van der Waals surface area contributed by atoms with Crippen molar-refractivity contribution in [1.82, 2.24) is 5.16 Å². The number of nitrogens with one attached hydrogen (secondary N) is 1. The average Bonchev–Trinajstić information content (AvgIpc) is 3.32. The van der Waals surface area contributed by atoms with Gasteiger partial charge in [-0.2, -0.15) is 0 Å². The van der Waals surface area contributed by atoms with E-state index in [-0.39, 0.29) is 18.9 Å². The molecule has 0 spiro atoms. The monoisotopic (exact) mass is 370 g/mol. The van der Waals surface area contributed by atoms with Crippen molar-refractivity contribution in [3.63, 3.8) is 0 Å². The Kier molecular flexibility index (Phi) is 4.49. The van der Waals surface area contributed by atoms with E-state index >= 15 is 0 Å². The normalized spacial score (nSPS) is 16.0. The van der Waals surface area contributed by atoms with Crippen LogP contribution in [0.15, 0.2) is 62.6 Å².